The van der Waals surface area contributed by atoms with Gasteiger partial charge >= 0.3 is 5.69 Å². The number of unbranched alkanes of at least 4 members (excludes halogenated alkanes) is 1. The van der Waals surface area contributed by atoms with Gasteiger partial charge < -0.3 is 4.57 Å². The average molecular weight is 321 g/mol. The molecule has 0 fully saturated rings. The van der Waals surface area contributed by atoms with Gasteiger partial charge in [0.1, 0.15) is 5.82 Å². The Morgan fingerprint density at radius 3 is 2.73 bits per heavy atom. The predicted octanol–water partition coefficient (Wildman–Crippen LogP) is 1.16. The number of imidazole rings is 1. The molecular weight excluding hydrogens is 302 g/mol. The molecule has 0 aliphatic carbocycles. The number of aliphatic imine (C=N–C) groups is 1. The van der Waals surface area contributed by atoms with E-state index < -0.39 is 11.2 Å². The lowest BCUT2D eigenvalue weighted by Crippen LogP contribution is -2.29. The summed E-state index contributed by atoms with van der Waals surface area (Å²) >= 11 is 4.58. The van der Waals surface area contributed by atoms with Crippen molar-refractivity contribution in [2.75, 3.05) is 0 Å². The van der Waals surface area contributed by atoms with Crippen LogP contribution in [-0.4, -0.2) is 30.3 Å². The van der Waals surface area contributed by atoms with Crippen LogP contribution in [0.3, 0.4) is 0 Å². The zero-order valence-corrected chi connectivity index (χ0v) is 13.7. The number of aromatic nitrogens is 4. The molecular formula is C14H19N5O2S. The number of fused-ring (bicyclic) bond motifs is 1. The van der Waals surface area contributed by atoms with E-state index in [0.29, 0.717) is 11.2 Å². The number of nitrogens with one attached hydrogen (secondary N) is 1. The van der Waals surface area contributed by atoms with Gasteiger partial charge in [-0.15, -0.1) is 0 Å². The molecule has 22 heavy (non-hydrogen) atoms. The van der Waals surface area contributed by atoms with E-state index in [1.54, 1.807) is 18.7 Å². The second kappa shape index (κ2) is 6.81. The molecule has 2 aromatic rings. The monoisotopic (exact) mass is 321 g/mol. The SMILES string of the molecule is CC(CCCCc1nc2c(c(=O)[nH]c(=O)n2C)n1C)N=C=S. The molecule has 7 nitrogen and oxygen atoms in total. The van der Waals surface area contributed by atoms with Gasteiger partial charge in [0.15, 0.2) is 11.2 Å². The summed E-state index contributed by atoms with van der Waals surface area (Å²) in [5.74, 6) is 0.799. The Hall–Kier alpha value is -2.05. The highest BCUT2D eigenvalue weighted by molar-refractivity contribution is 7.78. The normalized spacial score (nSPS) is 12.3. The Labute approximate surface area is 132 Å². The first-order valence-electron chi connectivity index (χ1n) is 7.17. The van der Waals surface area contributed by atoms with E-state index in [9.17, 15) is 9.59 Å². The van der Waals surface area contributed by atoms with E-state index in [2.05, 4.69) is 32.3 Å². The van der Waals surface area contributed by atoms with Gasteiger partial charge in [-0.1, -0.05) is 6.42 Å². The largest absolute Gasteiger partial charge is 0.329 e. The molecule has 0 amide bonds. The van der Waals surface area contributed by atoms with Crippen molar-refractivity contribution in [3.8, 4) is 0 Å². The number of hydrogen-bond donors (Lipinski definition) is 1. The van der Waals surface area contributed by atoms with Crippen LogP contribution in [0.4, 0.5) is 0 Å². The zero-order valence-electron chi connectivity index (χ0n) is 12.9. The van der Waals surface area contributed by atoms with Crippen LogP contribution in [0, 0.1) is 0 Å². The number of aryl methyl sites for hydroxylation is 3. The first-order valence-corrected chi connectivity index (χ1v) is 7.58. The predicted molar refractivity (Wildman–Crippen MR) is 88.6 cm³/mol. The molecule has 0 saturated carbocycles. The smallest absolute Gasteiger partial charge is 0.325 e. The van der Waals surface area contributed by atoms with E-state index in [1.165, 1.54) is 4.57 Å². The summed E-state index contributed by atoms with van der Waals surface area (Å²) in [5, 5.41) is 2.39. The van der Waals surface area contributed by atoms with E-state index in [4.69, 9.17) is 0 Å². The van der Waals surface area contributed by atoms with Crippen LogP contribution >= 0.6 is 12.2 Å². The summed E-state index contributed by atoms with van der Waals surface area (Å²) in [4.78, 5) is 34.3. The van der Waals surface area contributed by atoms with E-state index >= 15 is 0 Å². The van der Waals surface area contributed by atoms with Crippen molar-refractivity contribution in [3.05, 3.63) is 26.7 Å². The third kappa shape index (κ3) is 3.23. The summed E-state index contributed by atoms with van der Waals surface area (Å²) in [6.45, 7) is 2.00. The molecule has 0 radical (unpaired) electrons. The maximum Gasteiger partial charge on any atom is 0.329 e. The van der Waals surface area contributed by atoms with Crippen LogP contribution in [0.15, 0.2) is 14.6 Å². The van der Waals surface area contributed by atoms with Gasteiger partial charge in [0, 0.05) is 20.5 Å². The molecule has 2 heterocycles. The number of thiocarbonyl (C=S) groups is 1. The third-order valence-electron chi connectivity index (χ3n) is 3.77. The summed E-state index contributed by atoms with van der Waals surface area (Å²) < 4.78 is 3.11. The Balaban J connectivity index is 2.16. The van der Waals surface area contributed by atoms with Gasteiger partial charge in [-0.25, -0.2) is 14.8 Å². The minimum Gasteiger partial charge on any atom is -0.325 e. The van der Waals surface area contributed by atoms with Crippen molar-refractivity contribution in [2.45, 2.75) is 38.6 Å². The Morgan fingerprint density at radius 2 is 2.05 bits per heavy atom. The molecule has 0 spiro atoms. The maximum absolute atomic E-state index is 11.9. The van der Waals surface area contributed by atoms with Crippen molar-refractivity contribution < 1.29 is 0 Å². The Bertz CT molecular complexity index is 841. The van der Waals surface area contributed by atoms with Crippen LogP contribution in [0.25, 0.3) is 11.2 Å². The highest BCUT2D eigenvalue weighted by Gasteiger charge is 2.14. The number of H-pyrrole nitrogens is 1. The molecule has 0 saturated heterocycles. The molecule has 0 aliphatic heterocycles. The van der Waals surface area contributed by atoms with Gasteiger partial charge in [0.2, 0.25) is 0 Å². The van der Waals surface area contributed by atoms with Crippen LogP contribution in [0.5, 0.6) is 0 Å². The quantitative estimate of drug-likeness (QED) is 0.491. The van der Waals surface area contributed by atoms with Gasteiger partial charge in [-0.05, 0) is 32.0 Å². The van der Waals surface area contributed by atoms with Crippen molar-refractivity contribution in [3.63, 3.8) is 0 Å². The lowest BCUT2D eigenvalue weighted by atomic mass is 10.1. The Kier molecular flexibility index (Phi) is 5.05. The van der Waals surface area contributed by atoms with Crippen molar-refractivity contribution in [1.29, 1.82) is 0 Å². The fourth-order valence-corrected chi connectivity index (χ4v) is 2.63. The molecule has 0 bridgehead atoms. The number of aromatic amines is 1. The van der Waals surface area contributed by atoms with Gasteiger partial charge in [-0.3, -0.25) is 14.3 Å². The molecule has 0 aliphatic rings. The zero-order chi connectivity index (χ0) is 16.3. The molecule has 1 atom stereocenters. The van der Waals surface area contributed by atoms with Crippen LogP contribution in [0.1, 0.15) is 32.0 Å². The van der Waals surface area contributed by atoms with Gasteiger partial charge in [0.05, 0.1) is 11.2 Å². The van der Waals surface area contributed by atoms with Gasteiger partial charge in [-0.2, -0.15) is 0 Å². The first kappa shape index (κ1) is 16.3. The maximum atomic E-state index is 11.9. The highest BCUT2D eigenvalue weighted by Crippen LogP contribution is 2.12. The molecule has 0 aromatic carbocycles. The van der Waals surface area contributed by atoms with Crippen molar-refractivity contribution >= 4 is 28.5 Å². The van der Waals surface area contributed by atoms with E-state index in [1.807, 2.05) is 6.92 Å². The number of hydrogen-bond acceptors (Lipinski definition) is 5. The molecule has 1 N–H and O–H groups in total. The fourth-order valence-electron chi connectivity index (χ4n) is 2.45. The average Bonchev–Trinajstić information content (AvgIpc) is 2.79. The second-order valence-electron chi connectivity index (χ2n) is 5.39. The van der Waals surface area contributed by atoms with E-state index in [0.717, 1.165) is 31.5 Å². The molecule has 1 unspecified atom stereocenters. The Morgan fingerprint density at radius 1 is 1.32 bits per heavy atom. The van der Waals surface area contributed by atoms with E-state index in [-0.39, 0.29) is 6.04 Å². The van der Waals surface area contributed by atoms with Gasteiger partial charge in [0.25, 0.3) is 5.56 Å². The number of isothiocyanates is 1. The molecule has 8 heteroatoms. The molecule has 2 rings (SSSR count). The number of nitrogens with zero attached hydrogens (tertiary/aromatic N) is 4. The summed E-state index contributed by atoms with van der Waals surface area (Å²) in [5.41, 5.74) is -0.00186. The van der Waals surface area contributed by atoms with Crippen LogP contribution in [-0.2, 0) is 20.5 Å². The third-order valence-corrected chi connectivity index (χ3v) is 3.88. The fraction of sp³-hybridized carbons (Fsp3) is 0.571. The van der Waals surface area contributed by atoms with Crippen LogP contribution < -0.4 is 11.2 Å². The first-order chi connectivity index (χ1) is 10.5. The summed E-state index contributed by atoms with van der Waals surface area (Å²) in [6, 6.07) is 0.182. The van der Waals surface area contributed by atoms with Crippen LogP contribution in [0.2, 0.25) is 0 Å². The van der Waals surface area contributed by atoms with Crippen molar-refractivity contribution in [1.82, 2.24) is 19.1 Å². The molecule has 2 aromatic heterocycles. The summed E-state index contributed by atoms with van der Waals surface area (Å²) in [6.07, 6.45) is 3.60. The standard InChI is InChI=1S/C14H19N5O2S/c1-9(15-8-22)6-4-5-7-10-16-12-11(18(10)2)13(20)17-14(21)19(12)3/h9H,4-7H2,1-3H3,(H,17,20,21). The lowest BCUT2D eigenvalue weighted by Gasteiger charge is -2.04. The highest BCUT2D eigenvalue weighted by atomic mass is 32.1. The second-order valence-corrected chi connectivity index (χ2v) is 5.58. The minimum absolute atomic E-state index is 0.182. The number of rotatable bonds is 6. The minimum atomic E-state index is -0.450. The summed E-state index contributed by atoms with van der Waals surface area (Å²) in [7, 11) is 3.39. The molecule has 118 valence electrons. The lowest BCUT2D eigenvalue weighted by molar-refractivity contribution is 0.590. The topological polar surface area (TPSA) is 85.0 Å². The van der Waals surface area contributed by atoms with Crippen molar-refractivity contribution in [2.24, 2.45) is 19.1 Å².